The van der Waals surface area contributed by atoms with E-state index in [0.717, 1.165) is 19.4 Å². The molecular weight excluding hydrogens is 150 g/mol. The molecule has 0 aromatic carbocycles. The average molecular weight is 169 g/mol. The van der Waals surface area contributed by atoms with Gasteiger partial charge in [-0.3, -0.25) is 0 Å². The van der Waals surface area contributed by atoms with Crippen LogP contribution in [0.3, 0.4) is 0 Å². The normalized spacial score (nSPS) is 15.2. The summed E-state index contributed by atoms with van der Waals surface area (Å²) < 4.78 is 4.97. The molecule has 0 spiro atoms. The van der Waals surface area contributed by atoms with Crippen molar-refractivity contribution in [1.29, 1.82) is 0 Å². The van der Waals surface area contributed by atoms with Crippen molar-refractivity contribution >= 4 is 0 Å². The molecule has 0 saturated heterocycles. The number of rotatable bonds is 6. The maximum absolute atomic E-state index is 5.19. The quantitative estimate of drug-likeness (QED) is 0.607. The second-order valence-corrected chi connectivity index (χ2v) is 3.16. The molecule has 2 unspecified atom stereocenters. The molecule has 2 nitrogen and oxygen atoms in total. The molecule has 0 aliphatic carbocycles. The Balaban J connectivity index is 3.41. The van der Waals surface area contributed by atoms with Crippen LogP contribution in [-0.4, -0.2) is 25.8 Å². The predicted octanol–water partition coefficient (Wildman–Crippen LogP) is 1.41. The van der Waals surface area contributed by atoms with Crippen LogP contribution in [0, 0.1) is 12.3 Å². The zero-order chi connectivity index (χ0) is 9.40. The molecule has 0 amide bonds. The highest BCUT2D eigenvalue weighted by Crippen LogP contribution is 1.95. The fourth-order valence-corrected chi connectivity index (χ4v) is 1.10. The number of hydrogen-bond acceptors (Lipinski definition) is 2. The average Bonchev–Trinajstić information content (AvgIpc) is 2.01. The largest absolute Gasteiger partial charge is 0.385 e. The minimum Gasteiger partial charge on any atom is -0.385 e. The van der Waals surface area contributed by atoms with Gasteiger partial charge in [-0.25, -0.2) is 0 Å². The van der Waals surface area contributed by atoms with Gasteiger partial charge in [-0.15, -0.1) is 12.3 Å². The lowest BCUT2D eigenvalue weighted by Gasteiger charge is -2.17. The zero-order valence-electron chi connectivity index (χ0n) is 8.26. The van der Waals surface area contributed by atoms with Crippen LogP contribution in [-0.2, 0) is 4.74 Å². The first-order valence-corrected chi connectivity index (χ1v) is 4.39. The Hall–Kier alpha value is -0.520. The Labute approximate surface area is 75.7 Å². The molecule has 0 radical (unpaired) electrons. The Morgan fingerprint density at radius 1 is 1.42 bits per heavy atom. The van der Waals surface area contributed by atoms with Gasteiger partial charge >= 0.3 is 0 Å². The summed E-state index contributed by atoms with van der Waals surface area (Å²) in [5.74, 6) is 2.64. The van der Waals surface area contributed by atoms with Gasteiger partial charge < -0.3 is 10.1 Å². The highest BCUT2D eigenvalue weighted by molar-refractivity contribution is 4.88. The molecule has 12 heavy (non-hydrogen) atoms. The first kappa shape index (κ1) is 11.5. The summed E-state index contributed by atoms with van der Waals surface area (Å²) in [7, 11) is 1.72. The predicted molar refractivity (Wildman–Crippen MR) is 52.0 cm³/mol. The van der Waals surface area contributed by atoms with Crippen LogP contribution in [0.25, 0.3) is 0 Å². The first-order valence-electron chi connectivity index (χ1n) is 4.39. The number of nitrogens with one attached hydrogen (secondary N) is 1. The summed E-state index contributed by atoms with van der Waals surface area (Å²) in [5, 5.41) is 3.39. The van der Waals surface area contributed by atoms with E-state index in [1.54, 1.807) is 7.11 Å². The van der Waals surface area contributed by atoms with Crippen LogP contribution in [0.5, 0.6) is 0 Å². The molecule has 0 aliphatic heterocycles. The van der Waals surface area contributed by atoms with Gasteiger partial charge in [-0.05, 0) is 20.3 Å². The van der Waals surface area contributed by atoms with E-state index in [2.05, 4.69) is 25.1 Å². The summed E-state index contributed by atoms with van der Waals surface area (Å²) in [4.78, 5) is 0. The van der Waals surface area contributed by atoms with E-state index in [1.807, 2.05) is 0 Å². The third-order valence-corrected chi connectivity index (χ3v) is 1.75. The fourth-order valence-electron chi connectivity index (χ4n) is 1.10. The van der Waals surface area contributed by atoms with Crippen LogP contribution in [0.15, 0.2) is 0 Å². The SMILES string of the molecule is C#CCC(C)NC(C)CCOC. The third kappa shape index (κ3) is 6.21. The van der Waals surface area contributed by atoms with E-state index in [1.165, 1.54) is 0 Å². The van der Waals surface area contributed by atoms with E-state index in [9.17, 15) is 0 Å². The van der Waals surface area contributed by atoms with E-state index in [0.29, 0.717) is 12.1 Å². The summed E-state index contributed by atoms with van der Waals surface area (Å²) in [5.41, 5.74) is 0. The molecule has 0 aromatic rings. The van der Waals surface area contributed by atoms with E-state index < -0.39 is 0 Å². The Morgan fingerprint density at radius 3 is 2.58 bits per heavy atom. The summed E-state index contributed by atoms with van der Waals surface area (Å²) >= 11 is 0. The molecular formula is C10H19NO. The van der Waals surface area contributed by atoms with Crippen molar-refractivity contribution in [3.63, 3.8) is 0 Å². The van der Waals surface area contributed by atoms with Crippen molar-refractivity contribution < 1.29 is 4.74 Å². The van der Waals surface area contributed by atoms with Crippen molar-refractivity contribution in [2.75, 3.05) is 13.7 Å². The molecule has 2 atom stereocenters. The molecule has 1 N–H and O–H groups in total. The van der Waals surface area contributed by atoms with Crippen LogP contribution in [0.2, 0.25) is 0 Å². The number of methoxy groups -OCH3 is 1. The van der Waals surface area contributed by atoms with E-state index >= 15 is 0 Å². The van der Waals surface area contributed by atoms with Gasteiger partial charge in [0.2, 0.25) is 0 Å². The molecule has 0 fully saturated rings. The van der Waals surface area contributed by atoms with E-state index in [-0.39, 0.29) is 0 Å². The van der Waals surface area contributed by atoms with Gasteiger partial charge in [0.25, 0.3) is 0 Å². The molecule has 0 rings (SSSR count). The molecule has 0 saturated carbocycles. The van der Waals surface area contributed by atoms with Crippen molar-refractivity contribution in [3.05, 3.63) is 0 Å². The minimum atomic E-state index is 0.404. The van der Waals surface area contributed by atoms with Gasteiger partial charge in [-0.1, -0.05) is 0 Å². The molecule has 70 valence electrons. The standard InChI is InChI=1S/C10H19NO/c1-5-6-9(2)11-10(3)7-8-12-4/h1,9-11H,6-8H2,2-4H3. The maximum Gasteiger partial charge on any atom is 0.0476 e. The second kappa shape index (κ2) is 7.15. The number of terminal acetylenes is 1. The number of hydrogen-bond donors (Lipinski definition) is 1. The highest BCUT2D eigenvalue weighted by Gasteiger charge is 2.04. The molecule has 0 aromatic heterocycles. The highest BCUT2D eigenvalue weighted by atomic mass is 16.5. The summed E-state index contributed by atoms with van der Waals surface area (Å²) in [6.45, 7) is 5.05. The van der Waals surface area contributed by atoms with Crippen molar-refractivity contribution in [3.8, 4) is 12.3 Å². The second-order valence-electron chi connectivity index (χ2n) is 3.16. The maximum atomic E-state index is 5.19. The molecule has 0 heterocycles. The van der Waals surface area contributed by atoms with E-state index in [4.69, 9.17) is 11.2 Å². The van der Waals surface area contributed by atoms with Crippen molar-refractivity contribution in [2.24, 2.45) is 0 Å². The third-order valence-electron chi connectivity index (χ3n) is 1.75. The molecule has 0 bridgehead atoms. The Bertz CT molecular complexity index is 139. The molecule has 0 aliphatic rings. The van der Waals surface area contributed by atoms with Crippen LogP contribution >= 0.6 is 0 Å². The smallest absolute Gasteiger partial charge is 0.0476 e. The topological polar surface area (TPSA) is 21.3 Å². The van der Waals surface area contributed by atoms with Crippen LogP contribution in [0.1, 0.15) is 26.7 Å². The Morgan fingerprint density at radius 2 is 2.08 bits per heavy atom. The van der Waals surface area contributed by atoms with Gasteiger partial charge in [0.15, 0.2) is 0 Å². The van der Waals surface area contributed by atoms with Gasteiger partial charge in [0.05, 0.1) is 0 Å². The lowest BCUT2D eigenvalue weighted by molar-refractivity contribution is 0.183. The van der Waals surface area contributed by atoms with Gasteiger partial charge in [0.1, 0.15) is 0 Å². The Kier molecular flexibility index (Phi) is 6.84. The van der Waals surface area contributed by atoms with Gasteiger partial charge in [-0.2, -0.15) is 0 Å². The minimum absolute atomic E-state index is 0.404. The summed E-state index contributed by atoms with van der Waals surface area (Å²) in [6, 6.07) is 0.884. The van der Waals surface area contributed by atoms with Crippen molar-refractivity contribution in [2.45, 2.75) is 38.8 Å². The fraction of sp³-hybridized carbons (Fsp3) is 0.800. The van der Waals surface area contributed by atoms with Crippen LogP contribution < -0.4 is 5.32 Å². The van der Waals surface area contributed by atoms with Gasteiger partial charge in [0, 0.05) is 32.2 Å². The lowest BCUT2D eigenvalue weighted by Crippen LogP contribution is -2.34. The monoisotopic (exact) mass is 169 g/mol. The van der Waals surface area contributed by atoms with Crippen molar-refractivity contribution in [1.82, 2.24) is 5.32 Å². The number of ether oxygens (including phenoxy) is 1. The lowest BCUT2D eigenvalue weighted by atomic mass is 10.2. The van der Waals surface area contributed by atoms with Crippen LogP contribution in [0.4, 0.5) is 0 Å². The zero-order valence-corrected chi connectivity index (χ0v) is 8.26. The molecule has 2 heteroatoms. The summed E-state index contributed by atoms with van der Waals surface area (Å²) in [6.07, 6.45) is 7.01. The first-order chi connectivity index (χ1) is 5.70.